The van der Waals surface area contributed by atoms with E-state index in [1.54, 1.807) is 13.3 Å². The summed E-state index contributed by atoms with van der Waals surface area (Å²) in [6.45, 7) is -0.0448. The molecule has 146 valence electrons. The van der Waals surface area contributed by atoms with Gasteiger partial charge in [0.05, 0.1) is 30.6 Å². The molecule has 0 atom stereocenters. The van der Waals surface area contributed by atoms with Crippen LogP contribution in [0.15, 0.2) is 71.4 Å². The van der Waals surface area contributed by atoms with Crippen LogP contribution >= 0.6 is 0 Å². The number of pyridine rings is 1. The number of hydrogen-bond donors (Lipinski definition) is 2. The second kappa shape index (κ2) is 7.97. The van der Waals surface area contributed by atoms with Crippen LogP contribution < -0.4 is 15.4 Å². The third-order valence-corrected chi connectivity index (χ3v) is 4.61. The smallest absolute Gasteiger partial charge is 0.229 e. The molecule has 2 N–H and O–H groups in total. The predicted octanol–water partition coefficient (Wildman–Crippen LogP) is 3.30. The first kappa shape index (κ1) is 18.4. The third-order valence-electron chi connectivity index (χ3n) is 4.61. The molecule has 0 amide bonds. The zero-order chi connectivity index (χ0) is 20.2. The maximum Gasteiger partial charge on any atom is 0.229 e. The van der Waals surface area contributed by atoms with Gasteiger partial charge in [0.15, 0.2) is 0 Å². The molecule has 4 rings (SSSR count). The molecule has 2 heterocycles. The van der Waals surface area contributed by atoms with Crippen molar-refractivity contribution in [2.24, 2.45) is 4.99 Å². The summed E-state index contributed by atoms with van der Waals surface area (Å²) in [6, 6.07) is 17.1. The van der Waals surface area contributed by atoms with Gasteiger partial charge >= 0.3 is 0 Å². The fourth-order valence-electron chi connectivity index (χ4n) is 3.22. The summed E-state index contributed by atoms with van der Waals surface area (Å²) in [4.78, 5) is 19.7. The molecule has 1 aliphatic rings. The highest BCUT2D eigenvalue weighted by molar-refractivity contribution is 6.05. The van der Waals surface area contributed by atoms with Crippen molar-refractivity contribution < 1.29 is 9.66 Å². The number of methoxy groups -OCH3 is 1. The van der Waals surface area contributed by atoms with E-state index in [0.717, 1.165) is 27.9 Å². The zero-order valence-electron chi connectivity index (χ0n) is 15.8. The zero-order valence-corrected chi connectivity index (χ0v) is 15.8. The summed E-state index contributed by atoms with van der Waals surface area (Å²) < 4.78 is 5.20. The van der Waals surface area contributed by atoms with E-state index in [4.69, 9.17) is 4.74 Å². The topological polar surface area (TPSA) is 102 Å². The van der Waals surface area contributed by atoms with Gasteiger partial charge in [-0.15, -0.1) is 0 Å². The van der Waals surface area contributed by atoms with E-state index in [1.165, 1.54) is 0 Å². The van der Waals surface area contributed by atoms with Crippen LogP contribution in [0.1, 0.15) is 5.56 Å². The predicted molar refractivity (Wildman–Crippen MR) is 113 cm³/mol. The summed E-state index contributed by atoms with van der Waals surface area (Å²) in [5.41, 5.74) is 3.75. The van der Waals surface area contributed by atoms with Gasteiger partial charge in [-0.25, -0.2) is 4.99 Å². The SMILES string of the molecule is COc1ccc(C2=C(C[N+](=O)[O-])CN=C(Nc3cccc4cccnc34)N2)cc1. The number of rotatable bonds is 5. The summed E-state index contributed by atoms with van der Waals surface area (Å²) in [5, 5.41) is 18.6. The van der Waals surface area contributed by atoms with E-state index in [0.29, 0.717) is 17.2 Å². The average molecular weight is 389 g/mol. The Kier molecular flexibility index (Phi) is 5.07. The van der Waals surface area contributed by atoms with Crippen LogP contribution in [0.2, 0.25) is 0 Å². The van der Waals surface area contributed by atoms with Crippen LogP contribution in [0, 0.1) is 10.1 Å². The highest BCUT2D eigenvalue weighted by atomic mass is 16.6. The molecule has 0 unspecified atom stereocenters. The van der Waals surface area contributed by atoms with Crippen LogP contribution in [-0.4, -0.2) is 36.1 Å². The minimum atomic E-state index is -0.344. The molecule has 8 nitrogen and oxygen atoms in total. The quantitative estimate of drug-likeness (QED) is 0.513. The maximum absolute atomic E-state index is 11.1. The van der Waals surface area contributed by atoms with Crippen LogP contribution in [0.25, 0.3) is 16.6 Å². The third kappa shape index (κ3) is 4.01. The van der Waals surface area contributed by atoms with E-state index in [9.17, 15) is 10.1 Å². The normalized spacial score (nSPS) is 13.6. The van der Waals surface area contributed by atoms with Crippen LogP contribution in [0.3, 0.4) is 0 Å². The number of anilines is 1. The molecule has 0 saturated heterocycles. The standard InChI is InChI=1S/C21H19N5O3/c1-29-17-9-7-15(8-10-17)19-16(13-26(27)28)12-23-21(25-19)24-18-6-2-4-14-5-3-11-22-20(14)18/h2-11H,12-13H2,1H3,(H2,23,24,25). The number of ether oxygens (including phenoxy) is 1. The molecule has 3 aromatic rings. The van der Waals surface area contributed by atoms with E-state index in [-0.39, 0.29) is 18.0 Å². The van der Waals surface area contributed by atoms with Crippen molar-refractivity contribution in [3.63, 3.8) is 0 Å². The molecular weight excluding hydrogens is 370 g/mol. The summed E-state index contributed by atoms with van der Waals surface area (Å²) >= 11 is 0. The number of guanidine groups is 1. The Balaban J connectivity index is 1.64. The Morgan fingerprint density at radius 1 is 1.17 bits per heavy atom. The van der Waals surface area contributed by atoms with Gasteiger partial charge in [-0.05, 0) is 42.0 Å². The highest BCUT2D eigenvalue weighted by Crippen LogP contribution is 2.24. The monoisotopic (exact) mass is 389 g/mol. The van der Waals surface area contributed by atoms with E-state index >= 15 is 0 Å². The number of aliphatic imine (C=N–C) groups is 1. The number of aromatic nitrogens is 1. The van der Waals surface area contributed by atoms with E-state index < -0.39 is 0 Å². The van der Waals surface area contributed by atoms with Gasteiger partial charge in [-0.3, -0.25) is 15.1 Å². The molecule has 0 radical (unpaired) electrons. The lowest BCUT2D eigenvalue weighted by Crippen LogP contribution is -2.35. The lowest BCUT2D eigenvalue weighted by Gasteiger charge is -2.22. The lowest BCUT2D eigenvalue weighted by atomic mass is 10.0. The number of nitro groups is 1. The van der Waals surface area contributed by atoms with Gasteiger partial charge in [0.1, 0.15) is 5.75 Å². The molecule has 0 spiro atoms. The Morgan fingerprint density at radius 2 is 1.97 bits per heavy atom. The van der Waals surface area contributed by atoms with Crippen molar-refractivity contribution in [2.75, 3.05) is 25.5 Å². The average Bonchev–Trinajstić information content (AvgIpc) is 2.75. The molecule has 29 heavy (non-hydrogen) atoms. The Morgan fingerprint density at radius 3 is 2.72 bits per heavy atom. The fourth-order valence-corrected chi connectivity index (χ4v) is 3.22. The van der Waals surface area contributed by atoms with Crippen LogP contribution in [-0.2, 0) is 0 Å². The molecular formula is C21H19N5O3. The molecule has 0 saturated carbocycles. The van der Waals surface area contributed by atoms with Crippen LogP contribution in [0.4, 0.5) is 5.69 Å². The number of hydrogen-bond acceptors (Lipinski definition) is 7. The first-order valence-corrected chi connectivity index (χ1v) is 9.04. The fraction of sp³-hybridized carbons (Fsp3) is 0.143. The first-order chi connectivity index (χ1) is 14.1. The second-order valence-electron chi connectivity index (χ2n) is 6.49. The lowest BCUT2D eigenvalue weighted by molar-refractivity contribution is -0.470. The van der Waals surface area contributed by atoms with Crippen molar-refractivity contribution in [3.05, 3.63) is 82.0 Å². The highest BCUT2D eigenvalue weighted by Gasteiger charge is 2.21. The van der Waals surface area contributed by atoms with Crippen molar-refractivity contribution in [2.45, 2.75) is 0 Å². The molecule has 1 aromatic heterocycles. The molecule has 0 aliphatic carbocycles. The van der Waals surface area contributed by atoms with Crippen molar-refractivity contribution >= 4 is 28.2 Å². The van der Waals surface area contributed by atoms with Crippen molar-refractivity contribution in [1.29, 1.82) is 0 Å². The van der Waals surface area contributed by atoms with Crippen LogP contribution in [0.5, 0.6) is 5.75 Å². The minimum Gasteiger partial charge on any atom is -0.497 e. The van der Waals surface area contributed by atoms with Gasteiger partial charge in [0.2, 0.25) is 12.5 Å². The van der Waals surface area contributed by atoms with Gasteiger partial charge in [-0.2, -0.15) is 0 Å². The molecule has 0 bridgehead atoms. The Hall–Kier alpha value is -3.94. The van der Waals surface area contributed by atoms with Gasteiger partial charge < -0.3 is 15.4 Å². The number of nitrogens with zero attached hydrogens (tertiary/aromatic N) is 3. The summed E-state index contributed by atoms with van der Waals surface area (Å²) in [7, 11) is 1.60. The molecule has 2 aromatic carbocycles. The Bertz CT molecular complexity index is 1120. The van der Waals surface area contributed by atoms with E-state index in [1.807, 2.05) is 54.6 Å². The van der Waals surface area contributed by atoms with Gasteiger partial charge in [0, 0.05) is 22.1 Å². The number of nitrogens with one attached hydrogen (secondary N) is 2. The molecule has 8 heteroatoms. The Labute approximate surface area is 167 Å². The summed E-state index contributed by atoms with van der Waals surface area (Å²) in [5.74, 6) is 1.23. The number of fused-ring (bicyclic) bond motifs is 1. The maximum atomic E-state index is 11.1. The number of para-hydroxylation sites is 1. The number of benzene rings is 2. The van der Waals surface area contributed by atoms with Crippen molar-refractivity contribution in [3.8, 4) is 5.75 Å². The first-order valence-electron chi connectivity index (χ1n) is 9.04. The van der Waals surface area contributed by atoms with Gasteiger partial charge in [-0.1, -0.05) is 18.2 Å². The summed E-state index contributed by atoms with van der Waals surface area (Å²) in [6.07, 6.45) is 1.74. The molecule has 1 aliphatic heterocycles. The largest absolute Gasteiger partial charge is 0.497 e. The minimum absolute atomic E-state index is 0.232. The van der Waals surface area contributed by atoms with Crippen molar-refractivity contribution in [1.82, 2.24) is 10.3 Å². The van der Waals surface area contributed by atoms with E-state index in [2.05, 4.69) is 20.6 Å². The molecule has 0 fully saturated rings. The van der Waals surface area contributed by atoms with Gasteiger partial charge in [0.25, 0.3) is 0 Å². The second-order valence-corrected chi connectivity index (χ2v) is 6.49.